The maximum atomic E-state index is 12.5. The maximum Gasteiger partial charge on any atom is 0.267 e. The molecule has 1 N–H and O–H groups in total. The van der Waals surface area contributed by atoms with Crippen molar-refractivity contribution in [3.63, 3.8) is 0 Å². The van der Waals surface area contributed by atoms with Gasteiger partial charge in [-0.3, -0.25) is 4.98 Å². The predicted octanol–water partition coefficient (Wildman–Crippen LogP) is 3.06. The Hall–Kier alpha value is -0.260. The third kappa shape index (κ3) is 2.40. The molecule has 1 aromatic rings. The van der Waals surface area contributed by atoms with Crippen molar-refractivity contribution in [3.8, 4) is 0 Å². The van der Waals surface area contributed by atoms with Crippen molar-refractivity contribution in [3.05, 3.63) is 28.0 Å². The first-order valence-electron chi connectivity index (χ1n) is 3.73. The van der Waals surface area contributed by atoms with E-state index in [1.54, 1.807) is 0 Å². The number of rotatable bonds is 3. The first-order chi connectivity index (χ1) is 6.60. The van der Waals surface area contributed by atoms with E-state index in [2.05, 4.69) is 20.9 Å². The Morgan fingerprint density at radius 1 is 1.57 bits per heavy atom. The number of hydrogen-bond acceptors (Lipinski definition) is 2. The number of alkyl halides is 3. The molecule has 0 saturated heterocycles. The third-order valence-corrected chi connectivity index (χ3v) is 2.53. The fourth-order valence-electron chi connectivity index (χ4n) is 1.05. The summed E-state index contributed by atoms with van der Waals surface area (Å²) in [5.41, 5.74) is 0.0595. The van der Waals surface area contributed by atoms with Crippen LogP contribution in [-0.4, -0.2) is 10.1 Å². The highest BCUT2D eigenvalue weighted by molar-refractivity contribution is 9.08. The number of nitrogens with zero attached hydrogens (tertiary/aromatic N) is 1. The summed E-state index contributed by atoms with van der Waals surface area (Å²) in [4.78, 5) is 3.83. The molecule has 0 fully saturated rings. The van der Waals surface area contributed by atoms with E-state index < -0.39 is 13.0 Å². The predicted molar refractivity (Wildman–Crippen MR) is 52.8 cm³/mol. The lowest BCUT2D eigenvalue weighted by Gasteiger charge is -2.09. The van der Waals surface area contributed by atoms with Gasteiger partial charge in [0.15, 0.2) is 0 Å². The molecule has 1 rings (SSSR count). The molecule has 0 aromatic carbocycles. The van der Waals surface area contributed by atoms with Crippen LogP contribution >= 0.6 is 27.5 Å². The minimum atomic E-state index is -2.72. The monoisotopic (exact) mass is 285 g/mol. The highest BCUT2D eigenvalue weighted by atomic mass is 79.9. The van der Waals surface area contributed by atoms with Crippen LogP contribution in [0, 0.1) is 0 Å². The van der Waals surface area contributed by atoms with Gasteiger partial charge in [-0.1, -0.05) is 27.5 Å². The van der Waals surface area contributed by atoms with E-state index in [9.17, 15) is 8.78 Å². The number of aromatic nitrogens is 1. The summed E-state index contributed by atoms with van der Waals surface area (Å²) in [6.45, 7) is -0.541. The Labute approximate surface area is 93.0 Å². The molecule has 0 unspecified atom stereocenters. The van der Waals surface area contributed by atoms with Crippen molar-refractivity contribution in [1.29, 1.82) is 0 Å². The van der Waals surface area contributed by atoms with E-state index in [1.807, 2.05) is 0 Å². The molecule has 0 bridgehead atoms. The van der Waals surface area contributed by atoms with E-state index in [1.165, 1.54) is 6.07 Å². The average molecular weight is 287 g/mol. The van der Waals surface area contributed by atoms with Crippen LogP contribution in [0.3, 0.4) is 0 Å². The first kappa shape index (κ1) is 11.8. The van der Waals surface area contributed by atoms with Gasteiger partial charge in [-0.05, 0) is 6.07 Å². The Morgan fingerprint density at radius 3 is 2.64 bits per heavy atom. The molecule has 6 heteroatoms. The van der Waals surface area contributed by atoms with Gasteiger partial charge in [0.2, 0.25) is 0 Å². The van der Waals surface area contributed by atoms with Crippen LogP contribution in [0.15, 0.2) is 6.07 Å². The second kappa shape index (κ2) is 5.00. The highest BCUT2D eigenvalue weighted by Gasteiger charge is 2.18. The van der Waals surface area contributed by atoms with E-state index in [0.29, 0.717) is 11.0 Å². The Kier molecular flexibility index (Phi) is 4.22. The quantitative estimate of drug-likeness (QED) is 0.866. The van der Waals surface area contributed by atoms with Crippen LogP contribution in [0.1, 0.15) is 23.4 Å². The summed E-state index contributed by atoms with van der Waals surface area (Å²) in [5.74, 6) is 0. The molecule has 0 radical (unpaired) electrons. The molecule has 78 valence electrons. The molecule has 0 aliphatic rings. The molecule has 14 heavy (non-hydrogen) atoms. The Balaban J connectivity index is 3.27. The Bertz CT molecular complexity index is 335. The number of aliphatic hydroxyl groups is 1. The molecule has 2 nitrogen and oxygen atoms in total. The SMILES string of the molecule is OCc1nc(CBr)cc(Cl)c1C(F)F. The van der Waals surface area contributed by atoms with Crippen molar-refractivity contribution in [2.45, 2.75) is 18.4 Å². The number of pyridine rings is 1. The molecule has 1 heterocycles. The van der Waals surface area contributed by atoms with Gasteiger partial charge in [-0.2, -0.15) is 0 Å². The molecule has 0 saturated carbocycles. The zero-order valence-electron chi connectivity index (χ0n) is 6.98. The first-order valence-corrected chi connectivity index (χ1v) is 5.23. The number of hydrogen-bond donors (Lipinski definition) is 1. The van der Waals surface area contributed by atoms with Gasteiger partial charge in [0.1, 0.15) is 0 Å². The van der Waals surface area contributed by atoms with Gasteiger partial charge in [-0.15, -0.1) is 0 Å². The molecule has 0 spiro atoms. The largest absolute Gasteiger partial charge is 0.390 e. The van der Waals surface area contributed by atoms with Gasteiger partial charge in [0.25, 0.3) is 6.43 Å². The van der Waals surface area contributed by atoms with E-state index >= 15 is 0 Å². The summed E-state index contributed by atoms with van der Waals surface area (Å²) in [6, 6.07) is 1.36. The van der Waals surface area contributed by atoms with E-state index in [0.717, 1.165) is 0 Å². The van der Waals surface area contributed by atoms with E-state index in [-0.39, 0.29) is 16.3 Å². The highest BCUT2D eigenvalue weighted by Crippen LogP contribution is 2.30. The van der Waals surface area contributed by atoms with Gasteiger partial charge >= 0.3 is 0 Å². The van der Waals surface area contributed by atoms with Gasteiger partial charge in [0, 0.05) is 5.33 Å². The fraction of sp³-hybridized carbons (Fsp3) is 0.375. The van der Waals surface area contributed by atoms with Crippen LogP contribution in [0.5, 0.6) is 0 Å². The molecular weight excluding hydrogens is 279 g/mol. The summed E-state index contributed by atoms with van der Waals surface area (Å²) < 4.78 is 24.9. The molecule has 0 atom stereocenters. The summed E-state index contributed by atoms with van der Waals surface area (Å²) in [5, 5.41) is 9.19. The molecule has 0 amide bonds. The summed E-state index contributed by atoms with van der Waals surface area (Å²) >= 11 is 8.76. The van der Waals surface area contributed by atoms with Crippen molar-refractivity contribution in [1.82, 2.24) is 4.98 Å². The second-order valence-electron chi connectivity index (χ2n) is 2.55. The number of halogens is 4. The number of aliphatic hydroxyl groups excluding tert-OH is 1. The average Bonchev–Trinajstić information content (AvgIpc) is 2.15. The van der Waals surface area contributed by atoms with Crippen molar-refractivity contribution in [2.24, 2.45) is 0 Å². The smallest absolute Gasteiger partial charge is 0.267 e. The zero-order chi connectivity index (χ0) is 10.7. The van der Waals surface area contributed by atoms with Crippen LogP contribution in [0.2, 0.25) is 5.02 Å². The van der Waals surface area contributed by atoms with E-state index in [4.69, 9.17) is 16.7 Å². The lowest BCUT2D eigenvalue weighted by molar-refractivity contribution is 0.146. The second-order valence-corrected chi connectivity index (χ2v) is 3.52. The summed E-state index contributed by atoms with van der Waals surface area (Å²) in [7, 11) is 0. The van der Waals surface area contributed by atoms with Crippen LogP contribution in [-0.2, 0) is 11.9 Å². The molecule has 0 aliphatic carbocycles. The van der Waals surface area contributed by atoms with Gasteiger partial charge in [0.05, 0.1) is 28.6 Å². The lowest BCUT2D eigenvalue weighted by atomic mass is 10.2. The minimum absolute atomic E-state index is 0.0616. The normalized spacial score (nSPS) is 11.0. The Morgan fingerprint density at radius 2 is 2.21 bits per heavy atom. The molecular formula is C8H7BrClF2NO. The topological polar surface area (TPSA) is 33.1 Å². The zero-order valence-corrected chi connectivity index (χ0v) is 9.32. The van der Waals surface area contributed by atoms with Crippen molar-refractivity contribution in [2.75, 3.05) is 0 Å². The summed E-state index contributed by atoms with van der Waals surface area (Å²) in [6.07, 6.45) is -2.72. The van der Waals surface area contributed by atoms with Crippen molar-refractivity contribution < 1.29 is 13.9 Å². The van der Waals surface area contributed by atoms with Gasteiger partial charge < -0.3 is 5.11 Å². The van der Waals surface area contributed by atoms with Crippen LogP contribution in [0.25, 0.3) is 0 Å². The van der Waals surface area contributed by atoms with Crippen LogP contribution in [0.4, 0.5) is 8.78 Å². The third-order valence-electron chi connectivity index (χ3n) is 1.65. The molecule has 0 aliphatic heterocycles. The fourth-order valence-corrected chi connectivity index (χ4v) is 1.65. The standard InChI is InChI=1S/C8H7BrClF2NO/c9-2-4-1-5(10)7(8(11)12)6(3-14)13-4/h1,8,14H,2-3H2. The maximum absolute atomic E-state index is 12.5. The minimum Gasteiger partial charge on any atom is -0.390 e. The van der Waals surface area contributed by atoms with Crippen LogP contribution < -0.4 is 0 Å². The molecule has 1 aromatic heterocycles. The van der Waals surface area contributed by atoms with Gasteiger partial charge in [-0.25, -0.2) is 8.78 Å². The lowest BCUT2D eigenvalue weighted by Crippen LogP contribution is -2.02. The van der Waals surface area contributed by atoms with Crippen molar-refractivity contribution >= 4 is 27.5 Å².